The molecule has 0 amide bonds. The van der Waals surface area contributed by atoms with Gasteiger partial charge in [-0.25, -0.2) is 0 Å². The Bertz CT molecular complexity index is 2760. The molecule has 2 heteroatoms. The molecule has 3 aliphatic rings. The first kappa shape index (κ1) is 34.8. The summed E-state index contributed by atoms with van der Waals surface area (Å²) >= 11 is 0. The summed E-state index contributed by atoms with van der Waals surface area (Å²) in [6, 6.07) is 51.3. The Hall–Kier alpha value is -6.64. The van der Waals surface area contributed by atoms with Gasteiger partial charge in [-0.3, -0.25) is 9.98 Å². The fourth-order valence-corrected chi connectivity index (χ4v) is 9.29. The number of nitrogens with zero attached hydrogens (tertiary/aromatic N) is 2. The van der Waals surface area contributed by atoms with Crippen LogP contribution in [-0.2, 0) is 0 Å². The second-order valence-corrected chi connectivity index (χ2v) is 15.6. The molecule has 0 N–H and O–H groups in total. The van der Waals surface area contributed by atoms with Gasteiger partial charge in [0.25, 0.3) is 0 Å². The summed E-state index contributed by atoms with van der Waals surface area (Å²) in [6.07, 6.45) is 23.0. The van der Waals surface area contributed by atoms with Crippen LogP contribution in [0.4, 0.5) is 0 Å². The molecule has 10 rings (SSSR count). The minimum atomic E-state index is 0.173. The maximum absolute atomic E-state index is 4.99. The standard InChI is InChI=1S/C55H44N2/c1-37-15-14-30-57-55(37)44-23-13-22-43(32-44)54-49-25-9-8-24-48(49)53(42-21-12-20-41(31-42)52-26-10-11-29-56-52)50-28-27-40(36-51(50)54)47-34-45(38-16-4-2-5-17-38)33-46(35-47)39-18-6-3-7-19-39/h2-12,14-22,24-30,32-37,42,55H,13,23,31H2,1H3/t37-,42?,55?/m1/s1. The van der Waals surface area contributed by atoms with Crippen LogP contribution in [0.2, 0.25) is 0 Å². The molecule has 0 fully saturated rings. The lowest BCUT2D eigenvalue weighted by Crippen LogP contribution is -2.20. The summed E-state index contributed by atoms with van der Waals surface area (Å²) in [6.45, 7) is 2.29. The van der Waals surface area contributed by atoms with Crippen molar-refractivity contribution in [2.75, 3.05) is 0 Å². The van der Waals surface area contributed by atoms with Gasteiger partial charge in [0.15, 0.2) is 0 Å². The Morgan fingerprint density at radius 3 is 1.98 bits per heavy atom. The van der Waals surface area contributed by atoms with Crippen molar-refractivity contribution >= 4 is 38.9 Å². The molecule has 0 saturated heterocycles. The van der Waals surface area contributed by atoms with Crippen LogP contribution in [0.3, 0.4) is 0 Å². The molecule has 57 heavy (non-hydrogen) atoms. The van der Waals surface area contributed by atoms with Crippen molar-refractivity contribution in [1.29, 1.82) is 0 Å². The maximum Gasteiger partial charge on any atom is 0.0772 e. The van der Waals surface area contributed by atoms with Crippen LogP contribution in [0, 0.1) is 5.92 Å². The molecule has 2 aliphatic carbocycles. The molecular weight excluding hydrogens is 689 g/mol. The maximum atomic E-state index is 4.99. The van der Waals surface area contributed by atoms with Crippen LogP contribution in [0.5, 0.6) is 0 Å². The van der Waals surface area contributed by atoms with Crippen LogP contribution < -0.4 is 0 Å². The van der Waals surface area contributed by atoms with Gasteiger partial charge in [-0.2, -0.15) is 0 Å². The summed E-state index contributed by atoms with van der Waals surface area (Å²) in [4.78, 5) is 9.74. The van der Waals surface area contributed by atoms with E-state index < -0.39 is 0 Å². The summed E-state index contributed by atoms with van der Waals surface area (Å²) in [5.41, 5.74) is 15.0. The topological polar surface area (TPSA) is 25.2 Å². The second-order valence-electron chi connectivity index (χ2n) is 15.6. The van der Waals surface area contributed by atoms with E-state index in [1.807, 2.05) is 18.5 Å². The minimum Gasteiger partial charge on any atom is -0.285 e. The van der Waals surface area contributed by atoms with E-state index in [0.717, 1.165) is 25.0 Å². The van der Waals surface area contributed by atoms with Crippen molar-refractivity contribution < 1.29 is 0 Å². The van der Waals surface area contributed by atoms with Gasteiger partial charge in [0.05, 0.1) is 11.7 Å². The molecule has 274 valence electrons. The van der Waals surface area contributed by atoms with Gasteiger partial charge >= 0.3 is 0 Å². The van der Waals surface area contributed by atoms with Crippen molar-refractivity contribution in [3.63, 3.8) is 0 Å². The monoisotopic (exact) mass is 732 g/mol. The second kappa shape index (κ2) is 15.1. The van der Waals surface area contributed by atoms with Crippen molar-refractivity contribution in [3.8, 4) is 33.4 Å². The predicted octanol–water partition coefficient (Wildman–Crippen LogP) is 14.3. The number of pyridine rings is 1. The number of dihydropyridines is 1. The molecule has 3 atom stereocenters. The molecule has 1 aliphatic heterocycles. The molecule has 6 aromatic carbocycles. The van der Waals surface area contributed by atoms with E-state index in [1.165, 1.54) is 82.8 Å². The van der Waals surface area contributed by atoms with Crippen molar-refractivity contribution in [2.24, 2.45) is 10.9 Å². The summed E-state index contributed by atoms with van der Waals surface area (Å²) < 4.78 is 0. The quantitative estimate of drug-likeness (QED) is 0.150. The molecule has 1 aromatic heterocycles. The number of aromatic nitrogens is 1. The van der Waals surface area contributed by atoms with E-state index in [9.17, 15) is 0 Å². The molecule has 0 radical (unpaired) electrons. The highest BCUT2D eigenvalue weighted by Gasteiger charge is 2.26. The first-order valence-corrected chi connectivity index (χ1v) is 20.3. The number of aliphatic imine (C=N–C) groups is 1. The average molecular weight is 733 g/mol. The largest absolute Gasteiger partial charge is 0.285 e. The van der Waals surface area contributed by atoms with Crippen LogP contribution in [0.1, 0.15) is 48.9 Å². The van der Waals surface area contributed by atoms with E-state index in [-0.39, 0.29) is 12.0 Å². The fraction of sp³-hybridized carbons (Fsp3) is 0.127. The highest BCUT2D eigenvalue weighted by atomic mass is 14.8. The summed E-state index contributed by atoms with van der Waals surface area (Å²) in [5.74, 6) is 0.569. The van der Waals surface area contributed by atoms with Crippen LogP contribution in [0.15, 0.2) is 199 Å². The van der Waals surface area contributed by atoms with Crippen molar-refractivity contribution in [3.05, 3.63) is 211 Å². The lowest BCUT2D eigenvalue weighted by Gasteiger charge is -2.27. The molecular formula is C55H44N2. The van der Waals surface area contributed by atoms with Gasteiger partial charge in [0.1, 0.15) is 0 Å². The summed E-state index contributed by atoms with van der Waals surface area (Å²) in [5, 5.41) is 5.21. The lowest BCUT2D eigenvalue weighted by molar-refractivity contribution is 0.583. The molecule has 2 unspecified atom stereocenters. The molecule has 0 bridgehead atoms. The van der Waals surface area contributed by atoms with Gasteiger partial charge in [-0.1, -0.05) is 147 Å². The van der Waals surface area contributed by atoms with E-state index in [0.29, 0.717) is 5.92 Å². The molecule has 0 saturated carbocycles. The van der Waals surface area contributed by atoms with Gasteiger partial charge in [0.2, 0.25) is 0 Å². The van der Waals surface area contributed by atoms with E-state index in [4.69, 9.17) is 9.98 Å². The van der Waals surface area contributed by atoms with Gasteiger partial charge < -0.3 is 0 Å². The smallest absolute Gasteiger partial charge is 0.0772 e. The highest BCUT2D eigenvalue weighted by molar-refractivity contribution is 6.14. The third kappa shape index (κ3) is 6.72. The third-order valence-electron chi connectivity index (χ3n) is 12.0. The first-order chi connectivity index (χ1) is 28.2. The lowest BCUT2D eigenvalue weighted by atomic mass is 9.77. The molecule has 0 spiro atoms. The Morgan fingerprint density at radius 2 is 1.26 bits per heavy atom. The zero-order chi connectivity index (χ0) is 38.1. The van der Waals surface area contributed by atoms with Crippen LogP contribution in [-0.4, -0.2) is 17.2 Å². The van der Waals surface area contributed by atoms with Crippen LogP contribution >= 0.6 is 0 Å². The number of hydrogen-bond donors (Lipinski definition) is 0. The normalized spacial score (nSPS) is 19.0. The van der Waals surface area contributed by atoms with Crippen LogP contribution in [0.25, 0.3) is 66.1 Å². The Balaban J connectivity index is 1.21. The number of allylic oxidation sites excluding steroid dienone is 8. The van der Waals surface area contributed by atoms with Gasteiger partial charge in [-0.15, -0.1) is 0 Å². The summed E-state index contributed by atoms with van der Waals surface area (Å²) in [7, 11) is 0. The van der Waals surface area contributed by atoms with Gasteiger partial charge in [-0.05, 0) is 145 Å². The predicted molar refractivity (Wildman–Crippen MR) is 242 cm³/mol. The Morgan fingerprint density at radius 1 is 0.579 bits per heavy atom. The van der Waals surface area contributed by atoms with Gasteiger partial charge in [0, 0.05) is 24.2 Å². The minimum absolute atomic E-state index is 0.173. The number of rotatable bonds is 7. The van der Waals surface area contributed by atoms with Crippen molar-refractivity contribution in [2.45, 2.75) is 38.1 Å². The number of hydrogen-bond acceptors (Lipinski definition) is 2. The van der Waals surface area contributed by atoms with E-state index in [2.05, 4.69) is 183 Å². The molecule has 2 nitrogen and oxygen atoms in total. The molecule has 2 heterocycles. The fourth-order valence-electron chi connectivity index (χ4n) is 9.29. The Labute approximate surface area is 335 Å². The molecule has 7 aromatic rings. The zero-order valence-electron chi connectivity index (χ0n) is 32.2. The zero-order valence-corrected chi connectivity index (χ0v) is 32.2. The number of fused-ring (bicyclic) bond motifs is 2. The number of benzene rings is 6. The van der Waals surface area contributed by atoms with E-state index >= 15 is 0 Å². The Kier molecular flexibility index (Phi) is 9.24. The highest BCUT2D eigenvalue weighted by Crippen LogP contribution is 2.47. The average Bonchev–Trinajstić information content (AvgIpc) is 3.29. The first-order valence-electron chi connectivity index (χ1n) is 20.3. The van der Waals surface area contributed by atoms with E-state index in [1.54, 1.807) is 0 Å². The van der Waals surface area contributed by atoms with Crippen molar-refractivity contribution in [1.82, 2.24) is 4.98 Å². The third-order valence-corrected chi connectivity index (χ3v) is 12.0. The SMILES string of the molecule is C[C@@H]1C=CC=NC1C1=CC(c2c3ccccc3c(C3C=CC=C(c4ccccn4)C3)c3ccc(-c4cc(-c5ccccc5)cc(-c5ccccc5)c4)cc23)=CCC1.